The van der Waals surface area contributed by atoms with Crippen LogP contribution in [-0.4, -0.2) is 46.8 Å². The van der Waals surface area contributed by atoms with Crippen molar-refractivity contribution < 1.29 is 4.79 Å². The van der Waals surface area contributed by atoms with Crippen molar-refractivity contribution in [2.45, 2.75) is 25.8 Å². The van der Waals surface area contributed by atoms with Gasteiger partial charge in [0.1, 0.15) is 5.69 Å². The Morgan fingerprint density at radius 3 is 2.54 bits per heavy atom. The summed E-state index contributed by atoms with van der Waals surface area (Å²) in [4.78, 5) is 15.4. The Labute approximate surface area is 166 Å². The number of aromatic nitrogens is 2. The molecule has 1 fully saturated rings. The second kappa shape index (κ2) is 7.98. The lowest BCUT2D eigenvalue weighted by molar-refractivity contribution is 0.0917. The van der Waals surface area contributed by atoms with Crippen LogP contribution in [0, 0.1) is 6.92 Å². The Morgan fingerprint density at radius 2 is 1.82 bits per heavy atom. The van der Waals surface area contributed by atoms with Gasteiger partial charge in [0, 0.05) is 17.8 Å². The first-order chi connectivity index (χ1) is 13.6. The molecule has 5 nitrogen and oxygen atoms in total. The van der Waals surface area contributed by atoms with Gasteiger partial charge in [0.2, 0.25) is 0 Å². The molecule has 0 spiro atoms. The minimum atomic E-state index is -0.0479. The molecular formula is C23H26N4O. The molecule has 144 valence electrons. The molecule has 1 aliphatic rings. The normalized spacial score (nSPS) is 15.5. The summed E-state index contributed by atoms with van der Waals surface area (Å²) in [5.74, 6) is -0.0479. The van der Waals surface area contributed by atoms with Crippen LogP contribution in [0.2, 0.25) is 0 Å². The van der Waals surface area contributed by atoms with Gasteiger partial charge in [-0.15, -0.1) is 0 Å². The van der Waals surface area contributed by atoms with Crippen LogP contribution in [-0.2, 0) is 0 Å². The third kappa shape index (κ3) is 3.99. The fraction of sp³-hybridized carbons (Fsp3) is 0.304. The molecule has 2 aromatic carbocycles. The molecule has 28 heavy (non-hydrogen) atoms. The fourth-order valence-corrected chi connectivity index (χ4v) is 3.67. The summed E-state index contributed by atoms with van der Waals surface area (Å²) in [5.41, 5.74) is 4.39. The number of para-hydroxylation sites is 1. The van der Waals surface area contributed by atoms with Gasteiger partial charge in [0.05, 0.1) is 11.3 Å². The third-order valence-corrected chi connectivity index (χ3v) is 5.32. The minimum absolute atomic E-state index is 0.0479. The number of hydrogen-bond acceptors (Lipinski definition) is 3. The molecule has 0 aliphatic carbocycles. The summed E-state index contributed by atoms with van der Waals surface area (Å²) in [6.07, 6.45) is 3.81. The van der Waals surface area contributed by atoms with E-state index < -0.39 is 0 Å². The highest BCUT2D eigenvalue weighted by Gasteiger charge is 2.23. The first kappa shape index (κ1) is 18.4. The smallest absolute Gasteiger partial charge is 0.255 e. The first-order valence-corrected chi connectivity index (χ1v) is 9.82. The van der Waals surface area contributed by atoms with Gasteiger partial charge < -0.3 is 10.2 Å². The lowest BCUT2D eigenvalue weighted by atomic mass is 10.0. The van der Waals surface area contributed by atoms with Crippen LogP contribution < -0.4 is 5.32 Å². The number of piperidine rings is 1. The molecule has 5 heteroatoms. The lowest BCUT2D eigenvalue weighted by Gasteiger charge is -2.29. The number of amides is 1. The summed E-state index contributed by atoms with van der Waals surface area (Å²) in [5, 5.41) is 7.99. The van der Waals surface area contributed by atoms with Crippen molar-refractivity contribution in [1.29, 1.82) is 0 Å². The topological polar surface area (TPSA) is 50.2 Å². The van der Waals surface area contributed by atoms with Crippen LogP contribution in [0.25, 0.3) is 16.9 Å². The van der Waals surface area contributed by atoms with Crippen molar-refractivity contribution in [3.05, 3.63) is 71.9 Å². The number of nitrogens with one attached hydrogen (secondary N) is 1. The van der Waals surface area contributed by atoms with E-state index >= 15 is 0 Å². The van der Waals surface area contributed by atoms with Crippen LogP contribution >= 0.6 is 0 Å². The van der Waals surface area contributed by atoms with Crippen LogP contribution in [0.3, 0.4) is 0 Å². The average Bonchev–Trinajstić information content (AvgIpc) is 3.16. The largest absolute Gasteiger partial charge is 0.349 e. The van der Waals surface area contributed by atoms with Crippen molar-refractivity contribution in [1.82, 2.24) is 20.0 Å². The van der Waals surface area contributed by atoms with Gasteiger partial charge in [-0.2, -0.15) is 5.10 Å². The summed E-state index contributed by atoms with van der Waals surface area (Å²) in [6, 6.07) is 18.3. The van der Waals surface area contributed by atoms with Crippen molar-refractivity contribution in [3.8, 4) is 16.9 Å². The van der Waals surface area contributed by atoms with Crippen molar-refractivity contribution >= 4 is 5.91 Å². The summed E-state index contributed by atoms with van der Waals surface area (Å²) in [6.45, 7) is 4.08. The zero-order valence-electron chi connectivity index (χ0n) is 16.4. The maximum atomic E-state index is 13.1. The van der Waals surface area contributed by atoms with Crippen LogP contribution in [0.5, 0.6) is 0 Å². The van der Waals surface area contributed by atoms with E-state index in [1.165, 1.54) is 0 Å². The number of carbonyl (C=O) groups is 1. The van der Waals surface area contributed by atoms with E-state index in [-0.39, 0.29) is 11.9 Å². The van der Waals surface area contributed by atoms with E-state index in [9.17, 15) is 4.79 Å². The number of hydrogen-bond donors (Lipinski definition) is 1. The van der Waals surface area contributed by atoms with Crippen molar-refractivity contribution in [2.24, 2.45) is 0 Å². The highest BCUT2D eigenvalue weighted by molar-refractivity contribution is 6.00. The van der Waals surface area contributed by atoms with Crippen LogP contribution in [0.4, 0.5) is 0 Å². The number of rotatable bonds is 4. The van der Waals surface area contributed by atoms with Crippen LogP contribution in [0.1, 0.15) is 28.8 Å². The highest BCUT2D eigenvalue weighted by Crippen LogP contribution is 2.25. The maximum Gasteiger partial charge on any atom is 0.255 e. The number of aryl methyl sites for hydroxylation is 1. The number of carbonyl (C=O) groups excluding carboxylic acids is 1. The maximum absolute atomic E-state index is 13.1. The van der Waals surface area contributed by atoms with Gasteiger partial charge in [0.25, 0.3) is 5.91 Å². The molecule has 0 atom stereocenters. The Hall–Kier alpha value is -2.92. The van der Waals surface area contributed by atoms with E-state index in [4.69, 9.17) is 5.10 Å². The van der Waals surface area contributed by atoms with Gasteiger partial charge in [0.15, 0.2) is 0 Å². The van der Waals surface area contributed by atoms with Gasteiger partial charge in [-0.3, -0.25) is 4.79 Å². The monoisotopic (exact) mass is 374 g/mol. The van der Waals surface area contributed by atoms with Crippen molar-refractivity contribution in [3.63, 3.8) is 0 Å². The molecule has 0 radical (unpaired) electrons. The SMILES string of the molecule is Cc1cccc(-c2nn(-c3ccccc3)cc2C(=O)NC2CCN(C)CC2)c1. The summed E-state index contributed by atoms with van der Waals surface area (Å²) < 4.78 is 1.79. The zero-order chi connectivity index (χ0) is 19.5. The summed E-state index contributed by atoms with van der Waals surface area (Å²) in [7, 11) is 2.12. The lowest BCUT2D eigenvalue weighted by Crippen LogP contribution is -2.43. The minimum Gasteiger partial charge on any atom is -0.349 e. The Bertz CT molecular complexity index is 956. The zero-order valence-corrected chi connectivity index (χ0v) is 16.4. The average molecular weight is 374 g/mol. The number of nitrogens with zero attached hydrogens (tertiary/aromatic N) is 3. The van der Waals surface area contributed by atoms with E-state index in [0.29, 0.717) is 5.56 Å². The number of benzene rings is 2. The predicted octanol–water partition coefficient (Wildman–Crippen LogP) is 3.67. The van der Waals surface area contributed by atoms with E-state index in [1.807, 2.05) is 48.7 Å². The quantitative estimate of drug-likeness (QED) is 0.758. The fourth-order valence-electron chi connectivity index (χ4n) is 3.67. The molecule has 1 saturated heterocycles. The summed E-state index contributed by atoms with van der Waals surface area (Å²) >= 11 is 0. The molecule has 2 heterocycles. The molecular weight excluding hydrogens is 348 g/mol. The Morgan fingerprint density at radius 1 is 1.07 bits per heavy atom. The van der Waals surface area contributed by atoms with E-state index in [2.05, 4.69) is 36.3 Å². The van der Waals surface area contributed by atoms with E-state index in [0.717, 1.165) is 48.4 Å². The van der Waals surface area contributed by atoms with Gasteiger partial charge in [-0.1, -0.05) is 42.0 Å². The molecule has 1 aliphatic heterocycles. The standard InChI is InChI=1S/C23H26N4O/c1-17-7-6-8-18(15-17)22-21(16-27(25-22)20-9-4-3-5-10-20)23(28)24-19-11-13-26(2)14-12-19/h3-10,15-16,19H,11-14H2,1-2H3,(H,24,28). The molecule has 0 bridgehead atoms. The van der Waals surface area contributed by atoms with E-state index in [1.54, 1.807) is 4.68 Å². The Balaban J connectivity index is 1.68. The third-order valence-electron chi connectivity index (χ3n) is 5.32. The molecule has 3 aromatic rings. The Kier molecular flexibility index (Phi) is 5.26. The second-order valence-corrected chi connectivity index (χ2v) is 7.59. The highest BCUT2D eigenvalue weighted by atomic mass is 16.1. The molecule has 1 N–H and O–H groups in total. The van der Waals surface area contributed by atoms with Crippen molar-refractivity contribution in [2.75, 3.05) is 20.1 Å². The van der Waals surface area contributed by atoms with Crippen LogP contribution in [0.15, 0.2) is 60.8 Å². The predicted molar refractivity (Wildman–Crippen MR) is 112 cm³/mol. The molecule has 1 aromatic heterocycles. The molecule has 4 rings (SSSR count). The molecule has 0 unspecified atom stereocenters. The first-order valence-electron chi connectivity index (χ1n) is 9.82. The van der Waals surface area contributed by atoms with Gasteiger partial charge in [-0.25, -0.2) is 4.68 Å². The molecule has 0 saturated carbocycles. The van der Waals surface area contributed by atoms with Gasteiger partial charge >= 0.3 is 0 Å². The number of likely N-dealkylation sites (tertiary alicyclic amines) is 1. The molecule has 1 amide bonds. The second-order valence-electron chi connectivity index (χ2n) is 7.59. The van der Waals surface area contributed by atoms with Gasteiger partial charge in [-0.05, 0) is 58.1 Å².